The number of thioether (sulfide) groups is 1. The third-order valence-electron chi connectivity index (χ3n) is 3.63. The summed E-state index contributed by atoms with van der Waals surface area (Å²) in [4.78, 5) is 12.3. The summed E-state index contributed by atoms with van der Waals surface area (Å²) in [6.45, 7) is 5.06. The Hall–Kier alpha value is -2.80. The Balaban J connectivity index is 1.58. The van der Waals surface area contributed by atoms with Gasteiger partial charge in [0.15, 0.2) is 5.78 Å². The summed E-state index contributed by atoms with van der Waals surface area (Å²) in [5, 5.41) is 8.40. The molecule has 0 aliphatic rings. The second-order valence-electron chi connectivity index (χ2n) is 5.50. The highest BCUT2D eigenvalue weighted by Gasteiger charge is 2.13. The summed E-state index contributed by atoms with van der Waals surface area (Å²) in [6, 6.07) is 14.5. The van der Waals surface area contributed by atoms with Gasteiger partial charge in [0.25, 0.3) is 5.22 Å². The van der Waals surface area contributed by atoms with Crippen LogP contribution in [0, 0.1) is 0 Å². The molecule has 140 valence electrons. The predicted molar refractivity (Wildman–Crippen MR) is 104 cm³/mol. The molecular weight excluding hydrogens is 364 g/mol. The molecule has 0 aliphatic carbocycles. The van der Waals surface area contributed by atoms with Crippen LogP contribution in [0.4, 0.5) is 0 Å². The van der Waals surface area contributed by atoms with Crippen LogP contribution in [0.15, 0.2) is 58.2 Å². The third kappa shape index (κ3) is 5.10. The molecule has 0 fully saturated rings. The number of ketones is 1. The lowest BCUT2D eigenvalue weighted by molar-refractivity contribution is 0.102. The fourth-order valence-corrected chi connectivity index (χ4v) is 3.02. The van der Waals surface area contributed by atoms with Gasteiger partial charge in [0.05, 0.1) is 19.0 Å². The second kappa shape index (κ2) is 9.23. The number of carbonyl (C=O) groups excluding carboxylic acids is 1. The molecule has 0 amide bonds. The molecule has 0 spiro atoms. The molecule has 27 heavy (non-hydrogen) atoms. The van der Waals surface area contributed by atoms with E-state index in [9.17, 15) is 4.79 Å². The summed E-state index contributed by atoms with van der Waals surface area (Å²) >= 11 is 1.22. The molecule has 3 aromatic rings. The van der Waals surface area contributed by atoms with Crippen LogP contribution in [-0.2, 0) is 0 Å². The molecule has 7 heteroatoms. The van der Waals surface area contributed by atoms with Crippen LogP contribution in [0.1, 0.15) is 24.2 Å². The average Bonchev–Trinajstić information content (AvgIpc) is 3.17. The lowest BCUT2D eigenvalue weighted by Crippen LogP contribution is -2.02. The highest BCUT2D eigenvalue weighted by molar-refractivity contribution is 7.99. The molecule has 0 radical (unpaired) electrons. The number of aromatic nitrogens is 2. The molecule has 0 saturated heterocycles. The van der Waals surface area contributed by atoms with Gasteiger partial charge in [-0.15, -0.1) is 10.2 Å². The summed E-state index contributed by atoms with van der Waals surface area (Å²) in [5.74, 6) is 2.16. The molecule has 6 nitrogen and oxygen atoms in total. The lowest BCUT2D eigenvalue weighted by atomic mass is 10.1. The van der Waals surface area contributed by atoms with Crippen molar-refractivity contribution in [3.05, 3.63) is 54.1 Å². The van der Waals surface area contributed by atoms with E-state index in [1.807, 2.05) is 38.1 Å². The minimum absolute atomic E-state index is 0.0103. The van der Waals surface area contributed by atoms with E-state index < -0.39 is 0 Å². The van der Waals surface area contributed by atoms with Gasteiger partial charge in [-0.2, -0.15) is 0 Å². The van der Waals surface area contributed by atoms with Gasteiger partial charge in [-0.25, -0.2) is 0 Å². The van der Waals surface area contributed by atoms with E-state index in [1.54, 1.807) is 24.3 Å². The smallest absolute Gasteiger partial charge is 0.277 e. The van der Waals surface area contributed by atoms with Crippen molar-refractivity contribution in [1.82, 2.24) is 10.2 Å². The first kappa shape index (κ1) is 19.0. The molecule has 0 bridgehead atoms. The van der Waals surface area contributed by atoms with E-state index in [2.05, 4.69) is 10.2 Å². The summed E-state index contributed by atoms with van der Waals surface area (Å²) < 4.78 is 16.4. The van der Waals surface area contributed by atoms with Crippen LogP contribution < -0.4 is 9.47 Å². The summed E-state index contributed by atoms with van der Waals surface area (Å²) in [7, 11) is 0. The topological polar surface area (TPSA) is 74.5 Å². The number of carbonyl (C=O) groups is 1. The van der Waals surface area contributed by atoms with Crippen LogP contribution in [-0.4, -0.2) is 34.9 Å². The van der Waals surface area contributed by atoms with Gasteiger partial charge in [0, 0.05) is 11.1 Å². The number of benzene rings is 2. The average molecular weight is 384 g/mol. The van der Waals surface area contributed by atoms with E-state index in [0.717, 1.165) is 17.1 Å². The molecule has 3 rings (SSSR count). The maximum atomic E-state index is 12.3. The molecule has 2 aromatic carbocycles. The molecule has 0 atom stereocenters. The summed E-state index contributed by atoms with van der Waals surface area (Å²) in [5.41, 5.74) is 1.42. The Morgan fingerprint density at radius 2 is 1.52 bits per heavy atom. The van der Waals surface area contributed by atoms with Crippen LogP contribution in [0.2, 0.25) is 0 Å². The van der Waals surface area contributed by atoms with Gasteiger partial charge < -0.3 is 13.9 Å². The molecule has 0 aliphatic heterocycles. The van der Waals surface area contributed by atoms with Gasteiger partial charge in [0.2, 0.25) is 5.89 Å². The fourth-order valence-electron chi connectivity index (χ4n) is 2.36. The second-order valence-corrected chi connectivity index (χ2v) is 6.43. The van der Waals surface area contributed by atoms with Crippen molar-refractivity contribution in [2.24, 2.45) is 0 Å². The first-order valence-electron chi connectivity index (χ1n) is 8.65. The van der Waals surface area contributed by atoms with Crippen molar-refractivity contribution >= 4 is 17.5 Å². The van der Waals surface area contributed by atoms with Gasteiger partial charge >= 0.3 is 0 Å². The Bertz CT molecular complexity index is 876. The van der Waals surface area contributed by atoms with E-state index in [1.165, 1.54) is 11.8 Å². The third-order valence-corrected chi connectivity index (χ3v) is 4.45. The molecule has 0 saturated carbocycles. The lowest BCUT2D eigenvalue weighted by Gasteiger charge is -2.03. The van der Waals surface area contributed by atoms with Crippen LogP contribution >= 0.6 is 11.8 Å². The Labute approximate surface area is 161 Å². The Morgan fingerprint density at radius 3 is 2.11 bits per heavy atom. The molecule has 0 unspecified atom stereocenters. The largest absolute Gasteiger partial charge is 0.494 e. The predicted octanol–water partition coefficient (Wildman–Crippen LogP) is 4.51. The number of nitrogens with zero attached hydrogens (tertiary/aromatic N) is 2. The fraction of sp³-hybridized carbons (Fsp3) is 0.250. The maximum Gasteiger partial charge on any atom is 0.277 e. The monoisotopic (exact) mass is 384 g/mol. The number of rotatable bonds is 9. The van der Waals surface area contributed by atoms with Gasteiger partial charge in [-0.1, -0.05) is 11.8 Å². The number of hydrogen-bond acceptors (Lipinski definition) is 7. The minimum Gasteiger partial charge on any atom is -0.494 e. The maximum absolute atomic E-state index is 12.3. The standard InChI is InChI=1S/C20H20N2O4S/c1-3-24-16-9-5-14(6-10-16)18(23)13-27-20-22-21-19(26-20)15-7-11-17(12-8-15)25-4-2/h5-12H,3-4,13H2,1-2H3. The molecular formula is C20H20N2O4S. The van der Waals surface area contributed by atoms with Crippen molar-refractivity contribution in [2.45, 2.75) is 19.1 Å². The molecule has 1 heterocycles. The van der Waals surface area contributed by atoms with Crippen molar-refractivity contribution in [1.29, 1.82) is 0 Å². The van der Waals surface area contributed by atoms with Crippen molar-refractivity contribution in [2.75, 3.05) is 19.0 Å². The first-order valence-corrected chi connectivity index (χ1v) is 9.63. The van der Waals surface area contributed by atoms with Crippen molar-refractivity contribution < 1.29 is 18.7 Å². The van der Waals surface area contributed by atoms with Crippen molar-refractivity contribution in [3.8, 4) is 23.0 Å². The summed E-state index contributed by atoms with van der Waals surface area (Å²) in [6.07, 6.45) is 0. The van der Waals surface area contributed by atoms with E-state index in [0.29, 0.717) is 29.9 Å². The van der Waals surface area contributed by atoms with Gasteiger partial charge in [0.1, 0.15) is 11.5 Å². The van der Waals surface area contributed by atoms with E-state index in [4.69, 9.17) is 13.9 Å². The number of hydrogen-bond donors (Lipinski definition) is 0. The highest BCUT2D eigenvalue weighted by Crippen LogP contribution is 2.25. The van der Waals surface area contributed by atoms with Gasteiger partial charge in [-0.3, -0.25) is 4.79 Å². The highest BCUT2D eigenvalue weighted by atomic mass is 32.2. The Morgan fingerprint density at radius 1 is 0.926 bits per heavy atom. The van der Waals surface area contributed by atoms with Crippen molar-refractivity contribution in [3.63, 3.8) is 0 Å². The van der Waals surface area contributed by atoms with E-state index >= 15 is 0 Å². The van der Waals surface area contributed by atoms with Crippen LogP contribution in [0.25, 0.3) is 11.5 Å². The first-order chi connectivity index (χ1) is 13.2. The zero-order valence-electron chi connectivity index (χ0n) is 15.2. The van der Waals surface area contributed by atoms with Gasteiger partial charge in [-0.05, 0) is 62.4 Å². The zero-order valence-corrected chi connectivity index (χ0v) is 16.0. The minimum atomic E-state index is -0.0103. The van der Waals surface area contributed by atoms with Crippen LogP contribution in [0.5, 0.6) is 11.5 Å². The van der Waals surface area contributed by atoms with E-state index in [-0.39, 0.29) is 11.5 Å². The Kier molecular flexibility index (Phi) is 6.49. The molecule has 1 aromatic heterocycles. The quantitative estimate of drug-likeness (QED) is 0.397. The number of Topliss-reactive ketones (excluding diaryl/α,β-unsaturated/α-hetero) is 1. The molecule has 0 N–H and O–H groups in total. The zero-order chi connectivity index (χ0) is 19.1. The normalized spacial score (nSPS) is 10.6. The van der Waals surface area contributed by atoms with Crippen LogP contribution in [0.3, 0.4) is 0 Å². The SMILES string of the molecule is CCOc1ccc(C(=O)CSc2nnc(-c3ccc(OCC)cc3)o2)cc1. The number of ether oxygens (including phenoxy) is 2.